The molecule has 2 unspecified atom stereocenters. The average molecular weight is 425 g/mol. The molecule has 5 heteroatoms. The van der Waals surface area contributed by atoms with Crippen molar-refractivity contribution >= 4 is 5.91 Å². The summed E-state index contributed by atoms with van der Waals surface area (Å²) in [6.07, 6.45) is 3.35. The molecular weight excluding hydrogens is 388 g/mol. The lowest BCUT2D eigenvalue weighted by molar-refractivity contribution is 0.0904. The Hall–Kier alpha value is -2.53. The zero-order valence-corrected chi connectivity index (χ0v) is 19.5. The molecule has 0 aromatic heterocycles. The van der Waals surface area contributed by atoms with Crippen LogP contribution < -0.4 is 14.8 Å². The van der Waals surface area contributed by atoms with Crippen molar-refractivity contribution < 1.29 is 14.3 Å². The number of carbonyl (C=O) groups is 1. The molecule has 2 aromatic carbocycles. The number of methoxy groups -OCH3 is 2. The van der Waals surface area contributed by atoms with Crippen molar-refractivity contribution in [1.82, 2.24) is 10.2 Å². The van der Waals surface area contributed by atoms with E-state index in [2.05, 4.69) is 43.1 Å². The van der Waals surface area contributed by atoms with Crippen LogP contribution in [-0.4, -0.2) is 44.7 Å². The van der Waals surface area contributed by atoms with Crippen LogP contribution in [0.5, 0.6) is 11.5 Å². The zero-order chi connectivity index (χ0) is 22.4. The Morgan fingerprint density at radius 1 is 1.10 bits per heavy atom. The highest BCUT2D eigenvalue weighted by Gasteiger charge is 2.28. The molecule has 1 aliphatic rings. The fraction of sp³-hybridized carbons (Fsp3) is 0.500. The number of hydrogen-bond donors (Lipinski definition) is 1. The maximum Gasteiger partial charge on any atom is 0.255 e. The monoisotopic (exact) mass is 424 g/mol. The zero-order valence-electron chi connectivity index (χ0n) is 19.5. The molecule has 1 heterocycles. The van der Waals surface area contributed by atoms with Gasteiger partial charge in [-0.1, -0.05) is 25.1 Å². The Kier molecular flexibility index (Phi) is 7.97. The predicted octanol–water partition coefficient (Wildman–Crippen LogP) is 4.91. The van der Waals surface area contributed by atoms with Crippen molar-refractivity contribution in [2.24, 2.45) is 5.92 Å². The van der Waals surface area contributed by atoms with E-state index in [0.29, 0.717) is 29.8 Å². The number of benzene rings is 2. The van der Waals surface area contributed by atoms with Gasteiger partial charge in [0, 0.05) is 19.1 Å². The van der Waals surface area contributed by atoms with E-state index in [-0.39, 0.29) is 5.91 Å². The molecule has 2 aromatic rings. The number of carbonyl (C=O) groups excluding carboxylic acids is 1. The molecule has 3 rings (SSSR count). The minimum absolute atomic E-state index is 0.0664. The summed E-state index contributed by atoms with van der Waals surface area (Å²) in [5, 5.41) is 3.13. The number of amides is 1. The van der Waals surface area contributed by atoms with Gasteiger partial charge in [0.15, 0.2) is 0 Å². The summed E-state index contributed by atoms with van der Waals surface area (Å²) in [6.45, 7) is 9.37. The first-order valence-electron chi connectivity index (χ1n) is 11.3. The Morgan fingerprint density at radius 2 is 1.84 bits per heavy atom. The second-order valence-corrected chi connectivity index (χ2v) is 8.44. The molecule has 1 fully saturated rings. The van der Waals surface area contributed by atoms with Crippen LogP contribution in [0.4, 0.5) is 0 Å². The molecule has 0 bridgehead atoms. The van der Waals surface area contributed by atoms with E-state index in [1.54, 1.807) is 14.2 Å². The average Bonchev–Trinajstić information content (AvgIpc) is 2.81. The van der Waals surface area contributed by atoms with E-state index in [0.717, 1.165) is 38.1 Å². The van der Waals surface area contributed by atoms with E-state index < -0.39 is 0 Å². The van der Waals surface area contributed by atoms with Gasteiger partial charge < -0.3 is 14.8 Å². The van der Waals surface area contributed by atoms with Gasteiger partial charge in [-0.25, -0.2) is 0 Å². The van der Waals surface area contributed by atoms with Crippen LogP contribution in [0, 0.1) is 19.8 Å². The SMILES string of the molecule is CCC(c1ccc(OC)c(C)c1C)N1CCCC(CNC(=O)c2ccccc2OC)C1. The lowest BCUT2D eigenvalue weighted by Crippen LogP contribution is -2.42. The van der Waals surface area contributed by atoms with E-state index in [4.69, 9.17) is 9.47 Å². The van der Waals surface area contributed by atoms with E-state index in [1.807, 2.05) is 24.3 Å². The number of piperidine rings is 1. The topological polar surface area (TPSA) is 50.8 Å². The van der Waals surface area contributed by atoms with Gasteiger partial charge in [0.05, 0.1) is 19.8 Å². The molecule has 5 nitrogen and oxygen atoms in total. The van der Waals surface area contributed by atoms with Crippen LogP contribution in [0.25, 0.3) is 0 Å². The molecular formula is C26H36N2O3. The molecule has 168 valence electrons. The lowest BCUT2D eigenvalue weighted by atomic mass is 9.90. The summed E-state index contributed by atoms with van der Waals surface area (Å²) in [4.78, 5) is 15.3. The quantitative estimate of drug-likeness (QED) is 0.654. The summed E-state index contributed by atoms with van der Waals surface area (Å²) >= 11 is 0. The Labute approximate surface area is 186 Å². The molecule has 2 atom stereocenters. The number of ether oxygens (including phenoxy) is 2. The highest BCUT2D eigenvalue weighted by molar-refractivity contribution is 5.96. The highest BCUT2D eigenvalue weighted by atomic mass is 16.5. The third-order valence-electron chi connectivity index (χ3n) is 6.64. The first kappa shape index (κ1) is 23.1. The summed E-state index contributed by atoms with van der Waals surface area (Å²) in [7, 11) is 3.33. The van der Waals surface area contributed by atoms with Gasteiger partial charge in [-0.3, -0.25) is 9.69 Å². The second-order valence-electron chi connectivity index (χ2n) is 8.44. The van der Waals surface area contributed by atoms with Crippen LogP contribution >= 0.6 is 0 Å². The standard InChI is InChI=1S/C26H36N2O3/c1-6-23(21-13-14-24(30-4)19(3)18(21)2)28-15-9-10-20(17-28)16-27-26(29)22-11-7-8-12-25(22)31-5/h7-8,11-14,20,23H,6,9-10,15-17H2,1-5H3,(H,27,29). The normalized spacial score (nSPS) is 17.8. The Morgan fingerprint density at radius 3 is 2.55 bits per heavy atom. The number of rotatable bonds is 8. The first-order valence-corrected chi connectivity index (χ1v) is 11.3. The predicted molar refractivity (Wildman–Crippen MR) is 125 cm³/mol. The maximum atomic E-state index is 12.7. The van der Waals surface area contributed by atoms with Crippen molar-refractivity contribution in [3.8, 4) is 11.5 Å². The summed E-state index contributed by atoms with van der Waals surface area (Å²) < 4.78 is 10.8. The molecule has 1 N–H and O–H groups in total. The fourth-order valence-corrected chi connectivity index (χ4v) is 4.79. The van der Waals surface area contributed by atoms with Crippen LogP contribution in [-0.2, 0) is 0 Å². The first-order chi connectivity index (χ1) is 15.0. The van der Waals surface area contributed by atoms with Gasteiger partial charge >= 0.3 is 0 Å². The minimum atomic E-state index is -0.0664. The number of nitrogens with zero attached hydrogens (tertiary/aromatic N) is 1. The van der Waals surface area contributed by atoms with Crippen molar-refractivity contribution in [1.29, 1.82) is 0 Å². The van der Waals surface area contributed by atoms with Gasteiger partial charge in [0.25, 0.3) is 5.91 Å². The second kappa shape index (κ2) is 10.7. The van der Waals surface area contributed by atoms with Crippen molar-refractivity contribution in [2.45, 2.75) is 46.1 Å². The van der Waals surface area contributed by atoms with Crippen LogP contribution in [0.3, 0.4) is 0 Å². The lowest BCUT2D eigenvalue weighted by Gasteiger charge is -2.39. The maximum absolute atomic E-state index is 12.7. The van der Waals surface area contributed by atoms with Gasteiger partial charge in [-0.15, -0.1) is 0 Å². The molecule has 0 spiro atoms. The van der Waals surface area contributed by atoms with Gasteiger partial charge in [0.2, 0.25) is 0 Å². The van der Waals surface area contributed by atoms with E-state index >= 15 is 0 Å². The van der Waals surface area contributed by atoms with Crippen LogP contribution in [0.2, 0.25) is 0 Å². The Bertz CT molecular complexity index is 896. The molecule has 31 heavy (non-hydrogen) atoms. The number of nitrogens with one attached hydrogen (secondary N) is 1. The molecule has 0 aliphatic carbocycles. The fourth-order valence-electron chi connectivity index (χ4n) is 4.79. The Balaban J connectivity index is 1.67. The smallest absolute Gasteiger partial charge is 0.255 e. The van der Waals surface area contributed by atoms with Gasteiger partial charge in [-0.05, 0) is 80.5 Å². The molecule has 1 aliphatic heterocycles. The molecule has 0 radical (unpaired) electrons. The van der Waals surface area contributed by atoms with Crippen LogP contribution in [0.15, 0.2) is 36.4 Å². The summed E-state index contributed by atoms with van der Waals surface area (Å²) in [5.41, 5.74) is 4.52. The molecule has 0 saturated carbocycles. The van der Waals surface area contributed by atoms with Crippen molar-refractivity contribution in [2.75, 3.05) is 33.9 Å². The van der Waals surface area contributed by atoms with Gasteiger partial charge in [0.1, 0.15) is 11.5 Å². The largest absolute Gasteiger partial charge is 0.496 e. The van der Waals surface area contributed by atoms with Crippen molar-refractivity contribution in [3.63, 3.8) is 0 Å². The molecule has 1 saturated heterocycles. The number of likely N-dealkylation sites (tertiary alicyclic amines) is 1. The highest BCUT2D eigenvalue weighted by Crippen LogP contribution is 2.34. The van der Waals surface area contributed by atoms with E-state index in [9.17, 15) is 4.79 Å². The van der Waals surface area contributed by atoms with Crippen LogP contribution in [0.1, 0.15) is 59.3 Å². The summed E-state index contributed by atoms with van der Waals surface area (Å²) in [5.74, 6) is 1.94. The van der Waals surface area contributed by atoms with E-state index in [1.165, 1.54) is 16.7 Å². The van der Waals surface area contributed by atoms with Gasteiger partial charge in [-0.2, -0.15) is 0 Å². The molecule has 1 amide bonds. The number of para-hydroxylation sites is 1. The third-order valence-corrected chi connectivity index (χ3v) is 6.64. The van der Waals surface area contributed by atoms with Crippen molar-refractivity contribution in [3.05, 3.63) is 58.7 Å². The summed E-state index contributed by atoms with van der Waals surface area (Å²) in [6, 6.07) is 12.1. The minimum Gasteiger partial charge on any atom is -0.496 e. The third kappa shape index (κ3) is 5.21. The number of hydrogen-bond acceptors (Lipinski definition) is 4.